The van der Waals surface area contributed by atoms with Crippen molar-refractivity contribution in [3.8, 4) is 39.7 Å². The van der Waals surface area contributed by atoms with Crippen LogP contribution in [-0.4, -0.2) is 35.7 Å². The molecule has 0 fully saturated rings. The Labute approximate surface area is 224 Å². The number of hydrogen-bond donors (Lipinski definition) is 1. The average Bonchev–Trinajstić information content (AvgIpc) is 3.51. The molecule has 1 aliphatic heterocycles. The van der Waals surface area contributed by atoms with Gasteiger partial charge >= 0.3 is 0 Å². The number of fused-ring (bicyclic) bond motifs is 6. The highest BCUT2D eigenvalue weighted by Crippen LogP contribution is 2.43. The van der Waals surface area contributed by atoms with Crippen molar-refractivity contribution in [1.29, 1.82) is 0 Å². The van der Waals surface area contributed by atoms with Crippen LogP contribution in [0, 0.1) is 5.82 Å². The first-order valence-electron chi connectivity index (χ1n) is 12.8. The molecular formula is C31H26FN5O2. The Morgan fingerprint density at radius 1 is 1.03 bits per heavy atom. The summed E-state index contributed by atoms with van der Waals surface area (Å²) >= 11 is 0. The molecule has 2 aromatic carbocycles. The lowest BCUT2D eigenvalue weighted by molar-refractivity contribution is 0.302. The molecular weight excluding hydrogens is 493 g/mol. The van der Waals surface area contributed by atoms with Gasteiger partial charge in [0, 0.05) is 66.2 Å². The third kappa shape index (κ3) is 3.75. The van der Waals surface area contributed by atoms with Gasteiger partial charge in [-0.15, -0.1) is 0 Å². The van der Waals surface area contributed by atoms with Gasteiger partial charge in [0.25, 0.3) is 0 Å². The summed E-state index contributed by atoms with van der Waals surface area (Å²) < 4.78 is 28.0. The first-order chi connectivity index (χ1) is 19.0. The number of nitrogens with one attached hydrogen (secondary N) is 1. The van der Waals surface area contributed by atoms with Crippen LogP contribution >= 0.6 is 0 Å². The summed E-state index contributed by atoms with van der Waals surface area (Å²) in [6, 6.07) is 20.6. The number of hydrogen-bond acceptors (Lipinski definition) is 6. The molecule has 0 aliphatic carbocycles. The van der Waals surface area contributed by atoms with Gasteiger partial charge in [0.15, 0.2) is 0 Å². The predicted molar refractivity (Wildman–Crippen MR) is 150 cm³/mol. The summed E-state index contributed by atoms with van der Waals surface area (Å²) in [5.41, 5.74) is 8.97. The van der Waals surface area contributed by atoms with Gasteiger partial charge in [-0.2, -0.15) is 5.10 Å². The van der Waals surface area contributed by atoms with Gasteiger partial charge in [-0.05, 0) is 61.6 Å². The van der Waals surface area contributed by atoms with Crippen molar-refractivity contribution in [3.63, 3.8) is 0 Å². The molecule has 0 radical (unpaired) electrons. The molecule has 0 spiro atoms. The second-order valence-electron chi connectivity index (χ2n) is 9.90. The van der Waals surface area contributed by atoms with Gasteiger partial charge in [-0.25, -0.2) is 13.9 Å². The van der Waals surface area contributed by atoms with Crippen molar-refractivity contribution in [1.82, 2.24) is 19.9 Å². The zero-order chi connectivity index (χ0) is 26.7. The van der Waals surface area contributed by atoms with Crippen molar-refractivity contribution in [3.05, 3.63) is 89.9 Å². The first kappa shape index (κ1) is 23.4. The van der Waals surface area contributed by atoms with Crippen molar-refractivity contribution in [2.45, 2.75) is 13.2 Å². The van der Waals surface area contributed by atoms with E-state index in [2.05, 4.69) is 16.3 Å². The second kappa shape index (κ2) is 8.96. The molecule has 6 aromatic rings. The quantitative estimate of drug-likeness (QED) is 0.289. The number of furan rings is 1. The molecule has 5 heterocycles. The molecule has 0 amide bonds. The molecule has 0 bridgehead atoms. The fourth-order valence-electron chi connectivity index (χ4n) is 5.36. The van der Waals surface area contributed by atoms with Crippen molar-refractivity contribution < 1.29 is 13.5 Å². The minimum atomic E-state index is -0.279. The SMILES string of the molecule is CNCc1c(-c2ccc(F)cc2)oc2cc(N(C)C)c(-c3ccc4c(n3)-c3nn5ccccc5c3CO4)cc12. The van der Waals surface area contributed by atoms with Crippen molar-refractivity contribution in [2.24, 2.45) is 0 Å². The number of halogens is 1. The summed E-state index contributed by atoms with van der Waals surface area (Å²) in [5.74, 6) is 1.17. The summed E-state index contributed by atoms with van der Waals surface area (Å²) in [4.78, 5) is 7.16. The van der Waals surface area contributed by atoms with Gasteiger partial charge in [-0.3, -0.25) is 0 Å². The zero-order valence-corrected chi connectivity index (χ0v) is 21.8. The third-order valence-corrected chi connectivity index (χ3v) is 7.22. The number of anilines is 1. The largest absolute Gasteiger partial charge is 0.486 e. The molecule has 1 N–H and O–H groups in total. The lowest BCUT2D eigenvalue weighted by Crippen LogP contribution is -2.11. The minimum Gasteiger partial charge on any atom is -0.486 e. The van der Waals surface area contributed by atoms with Crippen molar-refractivity contribution in [2.75, 3.05) is 26.0 Å². The van der Waals surface area contributed by atoms with E-state index in [1.807, 2.05) is 68.3 Å². The lowest BCUT2D eigenvalue weighted by atomic mass is 10.00. The fourth-order valence-corrected chi connectivity index (χ4v) is 5.36. The van der Waals surface area contributed by atoms with E-state index in [-0.39, 0.29) is 5.82 Å². The molecule has 7 nitrogen and oxygen atoms in total. The highest BCUT2D eigenvalue weighted by molar-refractivity contribution is 5.96. The van der Waals surface area contributed by atoms with Gasteiger partial charge in [-0.1, -0.05) is 6.07 Å². The van der Waals surface area contributed by atoms with Gasteiger partial charge in [0.2, 0.25) is 0 Å². The maximum Gasteiger partial charge on any atom is 0.147 e. The smallest absolute Gasteiger partial charge is 0.147 e. The van der Waals surface area contributed by atoms with Crippen LogP contribution in [0.15, 0.2) is 77.3 Å². The van der Waals surface area contributed by atoms with E-state index in [0.717, 1.165) is 73.0 Å². The summed E-state index contributed by atoms with van der Waals surface area (Å²) in [6.07, 6.45) is 1.94. The van der Waals surface area contributed by atoms with E-state index in [1.165, 1.54) is 12.1 Å². The molecule has 0 saturated carbocycles. The highest BCUT2D eigenvalue weighted by Gasteiger charge is 2.26. The van der Waals surface area contributed by atoms with E-state index in [4.69, 9.17) is 19.2 Å². The first-order valence-corrected chi connectivity index (χ1v) is 12.8. The van der Waals surface area contributed by atoms with E-state index < -0.39 is 0 Å². The monoisotopic (exact) mass is 519 g/mol. The Morgan fingerprint density at radius 2 is 1.87 bits per heavy atom. The highest BCUT2D eigenvalue weighted by atomic mass is 19.1. The number of pyridine rings is 2. The van der Waals surface area contributed by atoms with Crippen LogP contribution in [0.2, 0.25) is 0 Å². The number of aromatic nitrogens is 3. The minimum absolute atomic E-state index is 0.279. The van der Waals surface area contributed by atoms with E-state index in [0.29, 0.717) is 13.2 Å². The molecule has 8 heteroatoms. The van der Waals surface area contributed by atoms with Crippen LogP contribution in [-0.2, 0) is 13.2 Å². The third-order valence-electron chi connectivity index (χ3n) is 7.22. The Bertz CT molecular complexity index is 1870. The lowest BCUT2D eigenvalue weighted by Gasteiger charge is -2.20. The standard InChI is InChI=1S/C31H26FN5O2/c1-33-16-22-20-14-21(26(36(2)3)15-28(20)39-31(22)18-7-9-19(32)10-8-18)24-11-12-27-30(34-24)29-23(17-38-27)25-6-4-5-13-37(25)35-29/h4-15,33H,16-17H2,1-3H3. The van der Waals surface area contributed by atoms with Gasteiger partial charge < -0.3 is 19.4 Å². The van der Waals surface area contributed by atoms with Crippen LogP contribution in [0.1, 0.15) is 11.1 Å². The molecule has 0 unspecified atom stereocenters. The molecule has 4 aromatic heterocycles. The topological polar surface area (TPSA) is 67.8 Å². The van der Waals surface area contributed by atoms with E-state index in [9.17, 15) is 4.39 Å². The van der Waals surface area contributed by atoms with Crippen molar-refractivity contribution >= 4 is 22.2 Å². The molecule has 194 valence electrons. The summed E-state index contributed by atoms with van der Waals surface area (Å²) in [5, 5.41) is 9.07. The van der Waals surface area contributed by atoms with Gasteiger partial charge in [0.1, 0.15) is 40.9 Å². The van der Waals surface area contributed by atoms with E-state index >= 15 is 0 Å². The number of rotatable bonds is 5. The fraction of sp³-hybridized carbons (Fsp3) is 0.161. The molecule has 7 rings (SSSR count). The Morgan fingerprint density at radius 3 is 2.67 bits per heavy atom. The molecule has 39 heavy (non-hydrogen) atoms. The second-order valence-corrected chi connectivity index (χ2v) is 9.90. The number of nitrogens with zero attached hydrogens (tertiary/aromatic N) is 4. The van der Waals surface area contributed by atoms with Crippen LogP contribution in [0.5, 0.6) is 5.75 Å². The maximum absolute atomic E-state index is 13.6. The summed E-state index contributed by atoms with van der Waals surface area (Å²) in [7, 11) is 5.91. The zero-order valence-electron chi connectivity index (χ0n) is 21.8. The number of benzene rings is 2. The molecule has 0 saturated heterocycles. The Hall–Kier alpha value is -4.69. The van der Waals surface area contributed by atoms with Crippen LogP contribution in [0.4, 0.5) is 10.1 Å². The Balaban J connectivity index is 1.43. The van der Waals surface area contributed by atoms with Crippen LogP contribution in [0.25, 0.3) is 50.5 Å². The van der Waals surface area contributed by atoms with Gasteiger partial charge in [0.05, 0.1) is 11.2 Å². The molecule has 0 atom stereocenters. The Kier molecular flexibility index (Phi) is 5.38. The predicted octanol–water partition coefficient (Wildman–Crippen LogP) is 6.29. The van der Waals surface area contributed by atoms with Crippen LogP contribution < -0.4 is 15.0 Å². The maximum atomic E-state index is 13.6. The average molecular weight is 520 g/mol. The number of ether oxygens (including phenoxy) is 1. The molecule has 1 aliphatic rings. The summed E-state index contributed by atoms with van der Waals surface area (Å²) in [6.45, 7) is 1.05. The van der Waals surface area contributed by atoms with E-state index in [1.54, 1.807) is 12.1 Å². The van der Waals surface area contributed by atoms with Crippen LogP contribution in [0.3, 0.4) is 0 Å². The normalized spacial score (nSPS) is 12.4.